The molecule has 5 rings (SSSR count). The summed E-state index contributed by atoms with van der Waals surface area (Å²) in [6.45, 7) is 5.88. The van der Waals surface area contributed by atoms with E-state index in [2.05, 4.69) is 29.0 Å². The van der Waals surface area contributed by atoms with Gasteiger partial charge in [-0.3, -0.25) is 4.79 Å². The summed E-state index contributed by atoms with van der Waals surface area (Å²) in [6, 6.07) is 1.80. The number of nitrogens with two attached hydrogens (primary N) is 1. The lowest BCUT2D eigenvalue weighted by Gasteiger charge is -2.46. The highest BCUT2D eigenvalue weighted by atomic mass is 16.6. The van der Waals surface area contributed by atoms with Crippen LogP contribution in [0.5, 0.6) is 0 Å². The summed E-state index contributed by atoms with van der Waals surface area (Å²) in [7, 11) is 0. The maximum Gasteiger partial charge on any atom is 0.311 e. The number of hydrogen-bond donors (Lipinski definition) is 2. The van der Waals surface area contributed by atoms with Crippen LogP contribution in [0.15, 0.2) is 23.4 Å². The molecule has 2 aliphatic heterocycles. The van der Waals surface area contributed by atoms with E-state index in [9.17, 15) is 4.79 Å². The Hall–Kier alpha value is -2.24. The zero-order chi connectivity index (χ0) is 18.8. The number of nitrogens with zero attached hydrogens (tertiary/aromatic N) is 2. The van der Waals surface area contributed by atoms with Gasteiger partial charge in [-0.15, -0.1) is 0 Å². The standard InChI is InChI=1S/C21H28N4O2/c1-12-4-3-7-21(2)8-5-13-14(20(26)27-18(13)16(12)21)10-25-11-24-17-15(22)6-9-23-19(17)25/h6,9,13-14,18,24H,3-5,7-8,10-11H2,1-2H3,(H2,22,23). The molecule has 144 valence electrons. The van der Waals surface area contributed by atoms with Gasteiger partial charge in [-0.2, -0.15) is 0 Å². The first-order valence-electron chi connectivity index (χ1n) is 10.1. The van der Waals surface area contributed by atoms with Gasteiger partial charge in [0.15, 0.2) is 5.82 Å². The van der Waals surface area contributed by atoms with Gasteiger partial charge in [0.1, 0.15) is 11.8 Å². The largest absolute Gasteiger partial charge is 0.457 e. The normalized spacial score (nSPS) is 34.7. The van der Waals surface area contributed by atoms with Crippen molar-refractivity contribution in [2.75, 3.05) is 29.2 Å². The smallest absolute Gasteiger partial charge is 0.311 e. The molecular formula is C21H28N4O2. The molecule has 0 amide bonds. The summed E-state index contributed by atoms with van der Waals surface area (Å²) < 4.78 is 6.02. The lowest BCUT2D eigenvalue weighted by atomic mass is 9.59. The van der Waals surface area contributed by atoms with Crippen molar-refractivity contribution in [3.8, 4) is 0 Å². The number of nitrogens with one attached hydrogen (secondary N) is 1. The van der Waals surface area contributed by atoms with Gasteiger partial charge in [0, 0.05) is 18.7 Å². The average molecular weight is 368 g/mol. The molecule has 3 N–H and O–H groups in total. The van der Waals surface area contributed by atoms with E-state index in [4.69, 9.17) is 10.5 Å². The Morgan fingerprint density at radius 1 is 1.44 bits per heavy atom. The zero-order valence-corrected chi connectivity index (χ0v) is 16.1. The van der Waals surface area contributed by atoms with E-state index in [-0.39, 0.29) is 29.3 Å². The first-order valence-corrected chi connectivity index (χ1v) is 10.1. The minimum atomic E-state index is -0.0993. The van der Waals surface area contributed by atoms with Crippen molar-refractivity contribution in [3.05, 3.63) is 23.4 Å². The Morgan fingerprint density at radius 2 is 2.30 bits per heavy atom. The summed E-state index contributed by atoms with van der Waals surface area (Å²) in [5.41, 5.74) is 10.7. The predicted octanol–water partition coefficient (Wildman–Crippen LogP) is 3.31. The van der Waals surface area contributed by atoms with Crippen molar-refractivity contribution in [2.24, 2.45) is 17.3 Å². The predicted molar refractivity (Wildman–Crippen MR) is 105 cm³/mol. The number of nitrogen functional groups attached to an aromatic ring is 1. The number of carbonyl (C=O) groups excluding carboxylic acids is 1. The number of aromatic nitrogens is 1. The molecule has 0 spiro atoms. The second kappa shape index (κ2) is 5.88. The molecule has 6 nitrogen and oxygen atoms in total. The summed E-state index contributed by atoms with van der Waals surface area (Å²) in [6.07, 6.45) is 7.54. The van der Waals surface area contributed by atoms with Gasteiger partial charge in [-0.05, 0) is 56.1 Å². The van der Waals surface area contributed by atoms with Crippen LogP contribution in [-0.4, -0.2) is 30.3 Å². The number of ether oxygens (including phenoxy) is 1. The summed E-state index contributed by atoms with van der Waals surface area (Å²) in [4.78, 5) is 19.5. The summed E-state index contributed by atoms with van der Waals surface area (Å²) >= 11 is 0. The summed E-state index contributed by atoms with van der Waals surface area (Å²) in [5, 5.41) is 3.31. The Bertz CT molecular complexity index is 835. The fourth-order valence-electron chi connectivity index (χ4n) is 5.90. The lowest BCUT2D eigenvalue weighted by molar-refractivity contribution is -0.143. The molecular weight excluding hydrogens is 340 g/mol. The third kappa shape index (κ3) is 2.45. The number of hydrogen-bond acceptors (Lipinski definition) is 6. The van der Waals surface area contributed by atoms with Crippen LogP contribution in [0.3, 0.4) is 0 Å². The molecule has 27 heavy (non-hydrogen) atoms. The van der Waals surface area contributed by atoms with Crippen LogP contribution in [0.2, 0.25) is 0 Å². The van der Waals surface area contributed by atoms with Gasteiger partial charge in [-0.25, -0.2) is 4.98 Å². The fourth-order valence-corrected chi connectivity index (χ4v) is 5.90. The van der Waals surface area contributed by atoms with Gasteiger partial charge in [0.25, 0.3) is 0 Å². The molecule has 0 bridgehead atoms. The van der Waals surface area contributed by atoms with Crippen molar-refractivity contribution in [3.63, 3.8) is 0 Å². The van der Waals surface area contributed by atoms with Crippen LogP contribution in [-0.2, 0) is 9.53 Å². The molecule has 1 aromatic rings. The Balaban J connectivity index is 1.42. The number of fused-ring (bicyclic) bond motifs is 4. The molecule has 4 atom stereocenters. The number of carbonyl (C=O) groups is 1. The number of pyridine rings is 1. The number of anilines is 3. The zero-order valence-electron chi connectivity index (χ0n) is 16.1. The van der Waals surface area contributed by atoms with Crippen LogP contribution < -0.4 is 16.0 Å². The molecule has 1 aromatic heterocycles. The molecule has 1 saturated carbocycles. The molecule has 0 radical (unpaired) electrons. The van der Waals surface area contributed by atoms with Crippen LogP contribution in [0.1, 0.15) is 46.0 Å². The van der Waals surface area contributed by atoms with Crippen molar-refractivity contribution in [1.82, 2.24) is 4.98 Å². The first-order chi connectivity index (χ1) is 13.0. The van der Waals surface area contributed by atoms with Gasteiger partial charge in [-0.1, -0.05) is 12.5 Å². The monoisotopic (exact) mass is 368 g/mol. The maximum absolute atomic E-state index is 12.9. The lowest BCUT2D eigenvalue weighted by Crippen LogP contribution is -2.42. The van der Waals surface area contributed by atoms with E-state index in [1.54, 1.807) is 12.3 Å². The summed E-state index contributed by atoms with van der Waals surface area (Å²) in [5.74, 6) is 0.980. The van der Waals surface area contributed by atoms with E-state index >= 15 is 0 Å². The Morgan fingerprint density at radius 3 is 3.15 bits per heavy atom. The quantitative estimate of drug-likeness (QED) is 0.616. The third-order valence-corrected chi connectivity index (χ3v) is 7.28. The molecule has 1 saturated heterocycles. The van der Waals surface area contributed by atoms with Gasteiger partial charge >= 0.3 is 5.97 Å². The van der Waals surface area contributed by atoms with Crippen LogP contribution >= 0.6 is 0 Å². The van der Waals surface area contributed by atoms with Crippen molar-refractivity contribution >= 4 is 23.2 Å². The third-order valence-electron chi connectivity index (χ3n) is 7.28. The first kappa shape index (κ1) is 16.9. The van der Waals surface area contributed by atoms with E-state index < -0.39 is 0 Å². The molecule has 2 fully saturated rings. The Labute approximate surface area is 160 Å². The second-order valence-electron chi connectivity index (χ2n) is 8.93. The highest BCUT2D eigenvalue weighted by molar-refractivity contribution is 5.83. The number of esters is 1. The van der Waals surface area contributed by atoms with Gasteiger partial charge < -0.3 is 20.7 Å². The average Bonchev–Trinajstić information content (AvgIpc) is 3.17. The minimum absolute atomic E-state index is 0.0228. The van der Waals surface area contributed by atoms with Crippen molar-refractivity contribution < 1.29 is 9.53 Å². The van der Waals surface area contributed by atoms with E-state index in [1.807, 2.05) is 0 Å². The maximum atomic E-state index is 12.9. The highest BCUT2D eigenvalue weighted by Gasteiger charge is 2.54. The topological polar surface area (TPSA) is 80.5 Å². The van der Waals surface area contributed by atoms with Crippen LogP contribution in [0.4, 0.5) is 17.2 Å². The van der Waals surface area contributed by atoms with E-state index in [0.717, 1.165) is 30.8 Å². The SMILES string of the molecule is CC1=C2C3OC(=O)C(CN4CNc5c(N)ccnc54)C3CCC2(C)CCC1. The van der Waals surface area contributed by atoms with Crippen molar-refractivity contribution in [2.45, 2.75) is 52.1 Å². The van der Waals surface area contributed by atoms with Crippen LogP contribution in [0, 0.1) is 17.3 Å². The van der Waals surface area contributed by atoms with E-state index in [1.165, 1.54) is 24.0 Å². The molecule has 4 aliphatic rings. The van der Waals surface area contributed by atoms with Gasteiger partial charge in [0.05, 0.1) is 18.3 Å². The molecule has 3 heterocycles. The highest BCUT2D eigenvalue weighted by Crippen LogP contribution is 2.55. The van der Waals surface area contributed by atoms with Crippen molar-refractivity contribution in [1.29, 1.82) is 0 Å². The van der Waals surface area contributed by atoms with Gasteiger partial charge in [0.2, 0.25) is 0 Å². The van der Waals surface area contributed by atoms with E-state index in [0.29, 0.717) is 18.9 Å². The molecule has 2 aliphatic carbocycles. The number of rotatable bonds is 2. The molecule has 4 unspecified atom stereocenters. The Kier molecular flexibility index (Phi) is 3.68. The minimum Gasteiger partial charge on any atom is -0.457 e. The molecule has 0 aromatic carbocycles. The number of allylic oxidation sites excluding steroid dienone is 1. The van der Waals surface area contributed by atoms with Crippen LogP contribution in [0.25, 0.3) is 0 Å². The fraction of sp³-hybridized carbons (Fsp3) is 0.619. The second-order valence-corrected chi connectivity index (χ2v) is 8.93. The molecule has 6 heteroatoms.